The molecule has 2 heterocycles. The fraction of sp³-hybridized carbons (Fsp3) is 0.133. The fourth-order valence-corrected chi connectivity index (χ4v) is 2.48. The maximum atomic E-state index is 6.21. The molecule has 2 aromatic heterocycles. The monoisotopic (exact) mass is 271 g/mol. The van der Waals surface area contributed by atoms with Gasteiger partial charge in [-0.3, -0.25) is 0 Å². The van der Waals surface area contributed by atoms with E-state index in [4.69, 9.17) is 17.3 Å². The summed E-state index contributed by atoms with van der Waals surface area (Å²) in [6, 6.07) is 11.8. The molecule has 0 radical (unpaired) electrons. The summed E-state index contributed by atoms with van der Waals surface area (Å²) in [6.07, 6.45) is 3.85. The molecular formula is C15H14ClN3. The maximum absolute atomic E-state index is 6.21. The average molecular weight is 272 g/mol. The quantitative estimate of drug-likeness (QED) is 0.795. The van der Waals surface area contributed by atoms with Gasteiger partial charge in [0, 0.05) is 29.3 Å². The van der Waals surface area contributed by atoms with Crippen molar-refractivity contribution < 1.29 is 0 Å². The number of fused-ring (bicyclic) bond motifs is 1. The van der Waals surface area contributed by atoms with Crippen LogP contribution in [0.5, 0.6) is 0 Å². The summed E-state index contributed by atoms with van der Waals surface area (Å²) in [7, 11) is 0. The van der Waals surface area contributed by atoms with Gasteiger partial charge in [-0.05, 0) is 29.3 Å². The third-order valence-corrected chi connectivity index (χ3v) is 3.60. The topological polar surface area (TPSA) is 43.8 Å². The predicted molar refractivity (Wildman–Crippen MR) is 78.2 cm³/mol. The summed E-state index contributed by atoms with van der Waals surface area (Å²) < 4.78 is 2.10. The number of nitrogens with zero attached hydrogens (tertiary/aromatic N) is 2. The van der Waals surface area contributed by atoms with Crippen molar-refractivity contribution in [2.45, 2.75) is 13.1 Å². The van der Waals surface area contributed by atoms with Gasteiger partial charge in [-0.2, -0.15) is 0 Å². The van der Waals surface area contributed by atoms with Gasteiger partial charge in [-0.1, -0.05) is 29.8 Å². The minimum atomic E-state index is 0.512. The molecule has 0 bridgehead atoms. The van der Waals surface area contributed by atoms with Crippen LogP contribution in [0.3, 0.4) is 0 Å². The summed E-state index contributed by atoms with van der Waals surface area (Å²) in [5.41, 5.74) is 8.92. The number of rotatable bonds is 3. The van der Waals surface area contributed by atoms with Crippen molar-refractivity contribution in [2.75, 3.05) is 0 Å². The highest BCUT2D eigenvalue weighted by Crippen LogP contribution is 2.22. The molecule has 3 aromatic rings. The molecule has 0 saturated heterocycles. The van der Waals surface area contributed by atoms with E-state index in [0.717, 1.165) is 27.2 Å². The van der Waals surface area contributed by atoms with Gasteiger partial charge < -0.3 is 10.3 Å². The van der Waals surface area contributed by atoms with Crippen LogP contribution in [0.1, 0.15) is 11.1 Å². The van der Waals surface area contributed by atoms with Gasteiger partial charge in [0.15, 0.2) is 0 Å². The largest absolute Gasteiger partial charge is 0.328 e. The number of hydrogen-bond donors (Lipinski definition) is 1. The highest BCUT2D eigenvalue weighted by atomic mass is 35.5. The van der Waals surface area contributed by atoms with Crippen LogP contribution in [-0.2, 0) is 13.1 Å². The second-order valence-electron chi connectivity index (χ2n) is 4.45. The van der Waals surface area contributed by atoms with Gasteiger partial charge in [-0.25, -0.2) is 4.98 Å². The Labute approximate surface area is 116 Å². The molecule has 0 spiro atoms. The third-order valence-electron chi connectivity index (χ3n) is 3.23. The Morgan fingerprint density at radius 3 is 2.74 bits per heavy atom. The lowest BCUT2D eigenvalue weighted by atomic mass is 10.2. The van der Waals surface area contributed by atoms with Gasteiger partial charge in [0.05, 0.1) is 6.54 Å². The lowest BCUT2D eigenvalue weighted by molar-refractivity contribution is 0.819. The van der Waals surface area contributed by atoms with Crippen molar-refractivity contribution in [3.05, 3.63) is 64.9 Å². The van der Waals surface area contributed by atoms with E-state index in [2.05, 4.69) is 15.7 Å². The van der Waals surface area contributed by atoms with E-state index in [1.807, 2.05) is 36.4 Å². The van der Waals surface area contributed by atoms with Gasteiger partial charge in [0.25, 0.3) is 0 Å². The molecule has 3 rings (SSSR count). The van der Waals surface area contributed by atoms with Gasteiger partial charge in [0.2, 0.25) is 0 Å². The number of aromatic nitrogens is 2. The number of benzene rings is 1. The summed E-state index contributed by atoms with van der Waals surface area (Å²) in [6.45, 7) is 1.21. The molecular weight excluding hydrogens is 258 g/mol. The lowest BCUT2D eigenvalue weighted by Crippen LogP contribution is -2.00. The zero-order valence-corrected chi connectivity index (χ0v) is 11.1. The SMILES string of the molecule is NCc1cn(Cc2ccccc2Cl)c2ncccc12. The molecule has 4 heteroatoms. The van der Waals surface area contributed by atoms with E-state index < -0.39 is 0 Å². The van der Waals surface area contributed by atoms with Gasteiger partial charge in [-0.15, -0.1) is 0 Å². The average Bonchev–Trinajstić information content (AvgIpc) is 2.80. The molecule has 0 amide bonds. The van der Waals surface area contributed by atoms with Crippen LogP contribution in [0.4, 0.5) is 0 Å². The molecule has 0 aliphatic rings. The first-order valence-electron chi connectivity index (χ1n) is 6.16. The first-order valence-corrected chi connectivity index (χ1v) is 6.53. The highest BCUT2D eigenvalue weighted by Gasteiger charge is 2.09. The summed E-state index contributed by atoms with van der Waals surface area (Å²) in [4.78, 5) is 4.44. The van der Waals surface area contributed by atoms with Crippen LogP contribution in [0.15, 0.2) is 48.8 Å². The zero-order chi connectivity index (χ0) is 13.2. The fourth-order valence-electron chi connectivity index (χ4n) is 2.29. The Morgan fingerprint density at radius 1 is 1.11 bits per heavy atom. The van der Waals surface area contributed by atoms with E-state index in [1.54, 1.807) is 6.20 Å². The van der Waals surface area contributed by atoms with Crippen molar-refractivity contribution in [1.29, 1.82) is 0 Å². The van der Waals surface area contributed by atoms with Crippen molar-refractivity contribution in [3.8, 4) is 0 Å². The molecule has 2 N–H and O–H groups in total. The second-order valence-corrected chi connectivity index (χ2v) is 4.86. The van der Waals surface area contributed by atoms with Crippen LogP contribution < -0.4 is 5.73 Å². The number of pyridine rings is 1. The highest BCUT2D eigenvalue weighted by molar-refractivity contribution is 6.31. The normalized spacial score (nSPS) is 11.1. The molecule has 0 aliphatic heterocycles. The second kappa shape index (κ2) is 5.03. The minimum Gasteiger partial charge on any atom is -0.328 e. The maximum Gasteiger partial charge on any atom is 0.140 e. The molecule has 19 heavy (non-hydrogen) atoms. The summed E-state index contributed by atoms with van der Waals surface area (Å²) in [5.74, 6) is 0. The minimum absolute atomic E-state index is 0.512. The van der Waals surface area contributed by atoms with Crippen LogP contribution in [0.2, 0.25) is 5.02 Å². The first-order chi connectivity index (χ1) is 9.29. The standard InChI is InChI=1S/C15H14ClN3/c16-14-6-2-1-4-11(14)9-19-10-12(8-17)13-5-3-7-18-15(13)19/h1-7,10H,8-9,17H2. The zero-order valence-electron chi connectivity index (χ0n) is 10.4. The molecule has 0 saturated carbocycles. The summed E-state index contributed by atoms with van der Waals surface area (Å²) in [5, 5.41) is 1.88. The van der Waals surface area contributed by atoms with E-state index >= 15 is 0 Å². The van der Waals surface area contributed by atoms with Gasteiger partial charge in [0.1, 0.15) is 5.65 Å². The summed E-state index contributed by atoms with van der Waals surface area (Å²) >= 11 is 6.21. The molecule has 1 aromatic carbocycles. The van der Waals surface area contributed by atoms with E-state index in [-0.39, 0.29) is 0 Å². The third kappa shape index (κ3) is 2.23. The molecule has 3 nitrogen and oxygen atoms in total. The van der Waals surface area contributed by atoms with Crippen LogP contribution in [-0.4, -0.2) is 9.55 Å². The first kappa shape index (κ1) is 12.2. The van der Waals surface area contributed by atoms with Crippen LogP contribution in [0.25, 0.3) is 11.0 Å². The number of halogens is 1. The predicted octanol–water partition coefficient (Wildman–Crippen LogP) is 3.20. The van der Waals surface area contributed by atoms with Crippen molar-refractivity contribution in [1.82, 2.24) is 9.55 Å². The van der Waals surface area contributed by atoms with Gasteiger partial charge >= 0.3 is 0 Å². The van der Waals surface area contributed by atoms with Crippen molar-refractivity contribution >= 4 is 22.6 Å². The van der Waals surface area contributed by atoms with E-state index in [9.17, 15) is 0 Å². The Balaban J connectivity index is 2.09. The van der Waals surface area contributed by atoms with E-state index in [1.165, 1.54) is 0 Å². The molecule has 0 unspecified atom stereocenters. The van der Waals surface area contributed by atoms with Crippen LogP contribution in [0, 0.1) is 0 Å². The molecule has 0 fully saturated rings. The smallest absolute Gasteiger partial charge is 0.140 e. The Bertz CT molecular complexity index is 718. The Morgan fingerprint density at radius 2 is 1.95 bits per heavy atom. The van der Waals surface area contributed by atoms with E-state index in [0.29, 0.717) is 13.1 Å². The Kier molecular flexibility index (Phi) is 3.23. The van der Waals surface area contributed by atoms with Crippen LogP contribution >= 0.6 is 11.6 Å². The molecule has 0 atom stereocenters. The van der Waals surface area contributed by atoms with Crippen molar-refractivity contribution in [2.24, 2.45) is 5.73 Å². The lowest BCUT2D eigenvalue weighted by Gasteiger charge is -2.06. The van der Waals surface area contributed by atoms with Crippen molar-refractivity contribution in [3.63, 3.8) is 0 Å². The Hall–Kier alpha value is -1.84. The molecule has 0 aliphatic carbocycles. The number of nitrogens with two attached hydrogens (primary N) is 1. The number of hydrogen-bond acceptors (Lipinski definition) is 2. The molecule has 96 valence electrons.